The maximum absolute atomic E-state index is 14.7. The van der Waals surface area contributed by atoms with Crippen LogP contribution in [0, 0.1) is 18.3 Å². The fourth-order valence-electron chi connectivity index (χ4n) is 7.51. The monoisotopic (exact) mass is 922 g/mol. The minimum absolute atomic E-state index is 0.00196. The lowest BCUT2D eigenvalue weighted by molar-refractivity contribution is -0.141. The fraction of sp³-hybridized carbons (Fsp3) is 0.396. The van der Waals surface area contributed by atoms with Crippen molar-refractivity contribution in [3.63, 3.8) is 0 Å². The molecule has 5 rings (SSSR count). The van der Waals surface area contributed by atoms with Crippen molar-refractivity contribution in [2.45, 2.75) is 77.0 Å². The number of carbonyl (C=O) groups excluding carboxylic acids is 5. The summed E-state index contributed by atoms with van der Waals surface area (Å²) in [5, 5.41) is 20.1. The number of fused-ring (bicyclic) bond motifs is 5. The number of likely N-dealkylation sites (N-methyl/N-ethyl adjacent to an activating group) is 1. The van der Waals surface area contributed by atoms with Crippen LogP contribution < -0.4 is 47.9 Å². The molecule has 66 heavy (non-hydrogen) atoms. The van der Waals surface area contributed by atoms with E-state index in [4.69, 9.17) is 43.5 Å². The number of carbonyl (C=O) groups is 5. The Kier molecular flexibility index (Phi) is 17.2. The molecule has 5 amide bonds. The number of rotatable bonds is 15. The van der Waals surface area contributed by atoms with Crippen molar-refractivity contribution in [1.29, 1.82) is 5.26 Å². The predicted octanol–water partition coefficient (Wildman–Crippen LogP) is 3.18. The average Bonchev–Trinajstić information content (AvgIpc) is 3.29. The van der Waals surface area contributed by atoms with E-state index < -0.39 is 53.7 Å². The summed E-state index contributed by atoms with van der Waals surface area (Å²) in [7, 11) is 1.41. The number of nitrogens with two attached hydrogens (primary N) is 3. The van der Waals surface area contributed by atoms with Crippen molar-refractivity contribution in [2.24, 2.45) is 17.2 Å². The maximum atomic E-state index is 14.7. The number of pyridine rings is 1. The van der Waals surface area contributed by atoms with Crippen LogP contribution in [0.5, 0.6) is 11.5 Å². The van der Waals surface area contributed by atoms with Crippen LogP contribution in [0.3, 0.4) is 0 Å². The van der Waals surface area contributed by atoms with Gasteiger partial charge in [0.15, 0.2) is 0 Å². The number of nitrogens with one attached hydrogen (secondary N) is 4. The Hall–Kier alpha value is -6.58. The molecule has 1 aromatic heterocycles. The van der Waals surface area contributed by atoms with Gasteiger partial charge in [-0.2, -0.15) is 5.26 Å². The van der Waals surface area contributed by atoms with Crippen LogP contribution in [0.15, 0.2) is 66.7 Å². The highest BCUT2D eigenvalue weighted by Crippen LogP contribution is 2.40. The molecule has 0 unspecified atom stereocenters. The number of ether oxygens (including phenoxy) is 2. The van der Waals surface area contributed by atoms with E-state index in [2.05, 4.69) is 47.0 Å². The molecule has 0 spiro atoms. The van der Waals surface area contributed by atoms with Crippen LogP contribution in [0.4, 0.5) is 0 Å². The molecule has 350 valence electrons. The zero-order valence-corrected chi connectivity index (χ0v) is 38.9. The minimum atomic E-state index is -1.41. The number of hydrogen-bond acceptors (Lipinski definition) is 12. The zero-order valence-electron chi connectivity index (χ0n) is 38.1. The van der Waals surface area contributed by atoms with Gasteiger partial charge in [0.1, 0.15) is 55.4 Å². The molecule has 17 nitrogen and oxygen atoms in total. The Labute approximate surface area is 390 Å². The summed E-state index contributed by atoms with van der Waals surface area (Å²) in [6.07, 6.45) is -0.0144. The summed E-state index contributed by atoms with van der Waals surface area (Å²) in [4.78, 5) is 76.2. The van der Waals surface area contributed by atoms with Gasteiger partial charge >= 0.3 is 0 Å². The first-order valence-corrected chi connectivity index (χ1v) is 22.0. The molecule has 2 heterocycles. The van der Waals surface area contributed by atoms with Gasteiger partial charge in [-0.15, -0.1) is 0 Å². The molecule has 1 aliphatic heterocycles. The molecule has 4 bridgehead atoms. The van der Waals surface area contributed by atoms with Crippen molar-refractivity contribution in [3.05, 3.63) is 99.7 Å². The van der Waals surface area contributed by atoms with E-state index in [9.17, 15) is 24.0 Å². The molecule has 0 radical (unpaired) electrons. The Morgan fingerprint density at radius 3 is 2.17 bits per heavy atom. The van der Waals surface area contributed by atoms with Crippen LogP contribution in [0.1, 0.15) is 72.9 Å². The van der Waals surface area contributed by atoms with Gasteiger partial charge in [-0.3, -0.25) is 29.0 Å². The van der Waals surface area contributed by atoms with Crippen LogP contribution >= 0.6 is 11.6 Å². The van der Waals surface area contributed by atoms with E-state index in [-0.39, 0.29) is 68.2 Å². The van der Waals surface area contributed by atoms with Gasteiger partial charge in [0.05, 0.1) is 28.0 Å². The number of benzene rings is 3. The molecule has 0 fully saturated rings. The summed E-state index contributed by atoms with van der Waals surface area (Å²) in [6, 6.07) is 16.3. The first kappa shape index (κ1) is 50.4. The molecule has 0 saturated heterocycles. The van der Waals surface area contributed by atoms with Crippen molar-refractivity contribution >= 4 is 41.1 Å². The standard InChI is InChI=1S/C48H59ClN10O7/c1-27-33(26-36(49)41(55-27)30-8-11-32(12-9-30)48(3,4)5)44(61)57-37(15-16-50)47(64)59(6)42-31-10-14-40(66-22-19-53)35(25-31)34-23-29(7-13-39(34)65-21-18-52)24-38(45(62)54-20-17-51)58-43(60)28(2)56-46(42)63/h7-14,23,25-26,28,37-38,42H,15-16,18-22,24,50,52-53H2,1-6H3,(H,54,62)(H,56,63)(H,57,61)(H,58,60)/t28-,37-,38-,42-/m0/s1. The van der Waals surface area contributed by atoms with Crippen LogP contribution in [-0.2, 0) is 31.0 Å². The lowest BCUT2D eigenvalue weighted by atomic mass is 9.86. The van der Waals surface area contributed by atoms with Crippen LogP contribution in [0.25, 0.3) is 22.4 Å². The van der Waals surface area contributed by atoms with Gasteiger partial charge in [-0.05, 0) is 79.3 Å². The number of amides is 5. The smallest absolute Gasteiger partial charge is 0.253 e. The number of aromatic nitrogens is 1. The molecular formula is C48H59ClN10O7. The van der Waals surface area contributed by atoms with Gasteiger partial charge in [0.2, 0.25) is 23.6 Å². The molecule has 0 aliphatic carbocycles. The van der Waals surface area contributed by atoms with Gasteiger partial charge in [-0.1, -0.05) is 68.8 Å². The minimum Gasteiger partial charge on any atom is -0.492 e. The van der Waals surface area contributed by atoms with Gasteiger partial charge < -0.3 is 52.8 Å². The lowest BCUT2D eigenvalue weighted by Gasteiger charge is -2.32. The Balaban J connectivity index is 1.57. The highest BCUT2D eigenvalue weighted by molar-refractivity contribution is 6.33. The first-order valence-electron chi connectivity index (χ1n) is 21.7. The van der Waals surface area contributed by atoms with E-state index in [0.29, 0.717) is 45.1 Å². The Morgan fingerprint density at radius 1 is 0.924 bits per heavy atom. The second-order valence-corrected chi connectivity index (χ2v) is 17.4. The summed E-state index contributed by atoms with van der Waals surface area (Å²) >= 11 is 6.75. The number of hydrogen-bond donors (Lipinski definition) is 7. The highest BCUT2D eigenvalue weighted by atomic mass is 35.5. The molecule has 4 aromatic rings. The zero-order chi connectivity index (χ0) is 48.3. The van der Waals surface area contributed by atoms with E-state index in [1.54, 1.807) is 43.3 Å². The second kappa shape index (κ2) is 22.6. The predicted molar refractivity (Wildman–Crippen MR) is 251 cm³/mol. The Morgan fingerprint density at radius 2 is 1.56 bits per heavy atom. The molecule has 1 aliphatic rings. The quantitative estimate of drug-likeness (QED) is 0.0848. The Bertz CT molecular complexity index is 2470. The largest absolute Gasteiger partial charge is 0.492 e. The molecule has 0 saturated carbocycles. The van der Waals surface area contributed by atoms with E-state index in [1.165, 1.54) is 24.9 Å². The molecule has 18 heteroatoms. The fourth-order valence-corrected chi connectivity index (χ4v) is 7.77. The normalized spacial score (nSPS) is 16.7. The average molecular weight is 924 g/mol. The van der Waals surface area contributed by atoms with Gasteiger partial charge in [0.25, 0.3) is 5.91 Å². The van der Waals surface area contributed by atoms with E-state index in [0.717, 1.165) is 11.1 Å². The third-order valence-corrected chi connectivity index (χ3v) is 11.3. The number of nitriles is 1. The lowest BCUT2D eigenvalue weighted by Crippen LogP contribution is -2.56. The molecule has 10 N–H and O–H groups in total. The summed E-state index contributed by atoms with van der Waals surface area (Å²) in [5.74, 6) is -2.65. The molecule has 3 aromatic carbocycles. The van der Waals surface area contributed by atoms with E-state index >= 15 is 0 Å². The maximum Gasteiger partial charge on any atom is 0.253 e. The SMILES string of the molecule is Cc1nc(-c2ccc(C(C)(C)C)cc2)c(Cl)cc1C(=O)N[C@@H](CCN)C(=O)N(C)[C@@H]1C(=O)N[C@@H](C)C(=O)N[C@H](C(=O)NCC#N)Cc2ccc(OCCN)c(c2)-c2cc1ccc2OCCN. The highest BCUT2D eigenvalue weighted by Gasteiger charge is 2.36. The second-order valence-electron chi connectivity index (χ2n) is 17.0. The van der Waals surface area contributed by atoms with Crippen LogP contribution in [-0.4, -0.2) is 104 Å². The van der Waals surface area contributed by atoms with Crippen molar-refractivity contribution in [1.82, 2.24) is 31.2 Å². The first-order chi connectivity index (χ1) is 31.4. The van der Waals surface area contributed by atoms with Crippen molar-refractivity contribution in [2.75, 3.05) is 46.4 Å². The number of halogens is 1. The summed E-state index contributed by atoms with van der Waals surface area (Å²) in [6.45, 7) is 9.79. The van der Waals surface area contributed by atoms with Gasteiger partial charge in [0, 0.05) is 43.2 Å². The summed E-state index contributed by atoms with van der Waals surface area (Å²) in [5.41, 5.74) is 22.4. The van der Waals surface area contributed by atoms with E-state index in [1.807, 2.05) is 30.3 Å². The topological polar surface area (TPSA) is 270 Å². The van der Waals surface area contributed by atoms with Crippen molar-refractivity contribution in [3.8, 4) is 40.0 Å². The van der Waals surface area contributed by atoms with Crippen molar-refractivity contribution < 1.29 is 33.4 Å². The third kappa shape index (κ3) is 12.2. The van der Waals surface area contributed by atoms with Crippen LogP contribution in [0.2, 0.25) is 5.02 Å². The third-order valence-electron chi connectivity index (χ3n) is 11.0. The van der Waals surface area contributed by atoms with Gasteiger partial charge in [-0.25, -0.2) is 0 Å². The molecule has 4 atom stereocenters. The molecular weight excluding hydrogens is 864 g/mol. The number of aryl methyl sites for hydroxylation is 1. The summed E-state index contributed by atoms with van der Waals surface area (Å²) < 4.78 is 12.2. The number of nitrogens with zero attached hydrogens (tertiary/aromatic N) is 3.